The average Bonchev–Trinajstić information content (AvgIpc) is 2.47. The summed E-state index contributed by atoms with van der Waals surface area (Å²) in [5.74, 6) is 2.52. The van der Waals surface area contributed by atoms with Gasteiger partial charge in [0.15, 0.2) is 0 Å². The lowest BCUT2D eigenvalue weighted by atomic mass is 9.78. The highest BCUT2D eigenvalue weighted by Gasteiger charge is 2.41. The first-order valence-electron chi connectivity index (χ1n) is 7.44. The Morgan fingerprint density at radius 1 is 1.29 bits per heavy atom. The lowest BCUT2D eigenvalue weighted by Gasteiger charge is -2.44. The van der Waals surface area contributed by atoms with Crippen LogP contribution in [0.2, 0.25) is 10.0 Å². The third-order valence-corrected chi connectivity index (χ3v) is 6.21. The second-order valence-electron chi connectivity index (χ2n) is 6.01. The molecule has 2 saturated heterocycles. The summed E-state index contributed by atoms with van der Waals surface area (Å²) in [5.41, 5.74) is 0.766. The van der Waals surface area contributed by atoms with Crippen LogP contribution in [-0.4, -0.2) is 28.8 Å². The second kappa shape index (κ2) is 6.67. The van der Waals surface area contributed by atoms with Gasteiger partial charge in [-0.2, -0.15) is 11.8 Å². The molecule has 1 N–H and O–H groups in total. The molecule has 0 radical (unpaired) electrons. The summed E-state index contributed by atoms with van der Waals surface area (Å²) in [6.45, 7) is 0.734. The van der Waals surface area contributed by atoms with Gasteiger partial charge in [-0.25, -0.2) is 0 Å². The van der Waals surface area contributed by atoms with E-state index >= 15 is 0 Å². The lowest BCUT2D eigenvalue weighted by molar-refractivity contribution is -0.121. The zero-order chi connectivity index (χ0) is 14.9. The molecule has 2 aliphatic heterocycles. The summed E-state index contributed by atoms with van der Waals surface area (Å²) >= 11 is 14.2. The number of thioether (sulfide) groups is 1. The van der Waals surface area contributed by atoms with Crippen molar-refractivity contribution in [2.75, 3.05) is 18.1 Å². The third-order valence-electron chi connectivity index (χ3n) is 4.66. The van der Waals surface area contributed by atoms with Crippen LogP contribution < -0.4 is 0 Å². The molecule has 2 nitrogen and oxygen atoms in total. The van der Waals surface area contributed by atoms with Crippen LogP contribution in [0, 0.1) is 5.92 Å². The quantitative estimate of drug-likeness (QED) is 0.839. The van der Waals surface area contributed by atoms with Gasteiger partial charge in [-0.05, 0) is 60.8 Å². The molecular formula is C16H20Cl2O2S. The molecule has 0 amide bonds. The monoisotopic (exact) mass is 346 g/mol. The van der Waals surface area contributed by atoms with E-state index in [-0.39, 0.29) is 11.5 Å². The molecule has 2 heterocycles. The summed E-state index contributed by atoms with van der Waals surface area (Å²) in [4.78, 5) is 0. The van der Waals surface area contributed by atoms with Crippen LogP contribution >= 0.6 is 35.0 Å². The molecular weight excluding hydrogens is 327 g/mol. The van der Waals surface area contributed by atoms with E-state index in [1.165, 1.54) is 0 Å². The zero-order valence-corrected chi connectivity index (χ0v) is 14.2. The highest BCUT2D eigenvalue weighted by Crippen LogP contribution is 2.44. The van der Waals surface area contributed by atoms with Crippen LogP contribution in [0.3, 0.4) is 0 Å². The van der Waals surface area contributed by atoms with E-state index in [4.69, 9.17) is 27.9 Å². The Kier molecular flexibility index (Phi) is 5.07. The maximum Gasteiger partial charge on any atom is 0.0834 e. The number of rotatable bonds is 2. The van der Waals surface area contributed by atoms with E-state index in [0.717, 1.165) is 49.4 Å². The molecule has 0 bridgehead atoms. The van der Waals surface area contributed by atoms with Gasteiger partial charge >= 0.3 is 0 Å². The van der Waals surface area contributed by atoms with Crippen molar-refractivity contribution < 1.29 is 9.84 Å². The maximum absolute atomic E-state index is 10.7. The SMILES string of the molecule is OC(c1ccc(Cl)cc1Cl)C1CCOC2(CCSCC2)C1. The van der Waals surface area contributed by atoms with E-state index in [9.17, 15) is 5.11 Å². The van der Waals surface area contributed by atoms with Crippen molar-refractivity contribution in [3.05, 3.63) is 33.8 Å². The van der Waals surface area contributed by atoms with Gasteiger partial charge in [0.25, 0.3) is 0 Å². The lowest BCUT2D eigenvalue weighted by Crippen LogP contribution is -2.44. The van der Waals surface area contributed by atoms with Crippen molar-refractivity contribution >= 4 is 35.0 Å². The fourth-order valence-electron chi connectivity index (χ4n) is 3.42. The average molecular weight is 347 g/mol. The van der Waals surface area contributed by atoms with Crippen molar-refractivity contribution in [3.63, 3.8) is 0 Å². The number of halogens is 2. The molecule has 0 aliphatic carbocycles. The van der Waals surface area contributed by atoms with Crippen LogP contribution in [0.5, 0.6) is 0 Å². The fraction of sp³-hybridized carbons (Fsp3) is 0.625. The largest absolute Gasteiger partial charge is 0.388 e. The highest BCUT2D eigenvalue weighted by molar-refractivity contribution is 7.99. The van der Waals surface area contributed by atoms with E-state index in [1.807, 2.05) is 17.8 Å². The van der Waals surface area contributed by atoms with E-state index < -0.39 is 6.10 Å². The molecule has 2 unspecified atom stereocenters. The number of aliphatic hydroxyl groups excluding tert-OH is 1. The van der Waals surface area contributed by atoms with E-state index in [1.54, 1.807) is 12.1 Å². The van der Waals surface area contributed by atoms with Gasteiger partial charge in [-0.15, -0.1) is 0 Å². The normalized spacial score (nSPS) is 26.7. The van der Waals surface area contributed by atoms with Gasteiger partial charge in [-0.3, -0.25) is 0 Å². The smallest absolute Gasteiger partial charge is 0.0834 e. The van der Waals surface area contributed by atoms with Crippen molar-refractivity contribution in [2.45, 2.75) is 37.4 Å². The summed E-state index contributed by atoms with van der Waals surface area (Å²) in [7, 11) is 0. The molecule has 21 heavy (non-hydrogen) atoms. The summed E-state index contributed by atoms with van der Waals surface area (Å²) < 4.78 is 6.09. The van der Waals surface area contributed by atoms with Crippen molar-refractivity contribution in [1.82, 2.24) is 0 Å². The molecule has 2 aliphatic rings. The van der Waals surface area contributed by atoms with Crippen molar-refractivity contribution in [2.24, 2.45) is 5.92 Å². The van der Waals surface area contributed by atoms with Gasteiger partial charge in [0, 0.05) is 16.7 Å². The van der Waals surface area contributed by atoms with Crippen LogP contribution in [0.4, 0.5) is 0 Å². The molecule has 2 atom stereocenters. The number of benzene rings is 1. The van der Waals surface area contributed by atoms with Gasteiger partial charge < -0.3 is 9.84 Å². The minimum absolute atomic E-state index is 0.0198. The molecule has 0 aromatic heterocycles. The summed E-state index contributed by atoms with van der Waals surface area (Å²) in [6.07, 6.45) is 3.46. The van der Waals surface area contributed by atoms with Gasteiger partial charge in [0.05, 0.1) is 11.7 Å². The van der Waals surface area contributed by atoms with Crippen molar-refractivity contribution in [1.29, 1.82) is 0 Å². The van der Waals surface area contributed by atoms with Crippen LogP contribution in [-0.2, 0) is 4.74 Å². The Hall–Kier alpha value is 0.0700. The zero-order valence-electron chi connectivity index (χ0n) is 11.9. The number of ether oxygens (including phenoxy) is 1. The van der Waals surface area contributed by atoms with Crippen LogP contribution in [0.1, 0.15) is 37.4 Å². The number of aliphatic hydroxyl groups is 1. The van der Waals surface area contributed by atoms with Gasteiger partial charge in [0.1, 0.15) is 0 Å². The number of hydrogen-bond donors (Lipinski definition) is 1. The topological polar surface area (TPSA) is 29.5 Å². The Labute approximate surface area is 140 Å². The molecule has 2 fully saturated rings. The molecule has 0 saturated carbocycles. The fourth-order valence-corrected chi connectivity index (χ4v) is 5.18. The Balaban J connectivity index is 1.76. The Morgan fingerprint density at radius 2 is 2.05 bits per heavy atom. The van der Waals surface area contributed by atoms with E-state index in [2.05, 4.69) is 0 Å². The van der Waals surface area contributed by atoms with Crippen LogP contribution in [0.15, 0.2) is 18.2 Å². The maximum atomic E-state index is 10.7. The Bertz CT molecular complexity index is 498. The highest BCUT2D eigenvalue weighted by atomic mass is 35.5. The second-order valence-corrected chi connectivity index (χ2v) is 8.08. The van der Waals surface area contributed by atoms with Crippen LogP contribution in [0.25, 0.3) is 0 Å². The molecule has 5 heteroatoms. The molecule has 1 spiro atoms. The van der Waals surface area contributed by atoms with Crippen molar-refractivity contribution in [3.8, 4) is 0 Å². The van der Waals surface area contributed by atoms with E-state index in [0.29, 0.717) is 10.0 Å². The summed E-state index contributed by atoms with van der Waals surface area (Å²) in [6, 6.07) is 5.33. The minimum atomic E-state index is -0.537. The molecule has 116 valence electrons. The predicted octanol–water partition coefficient (Wildman–Crippen LogP) is 4.72. The number of hydrogen-bond acceptors (Lipinski definition) is 3. The predicted molar refractivity (Wildman–Crippen MR) is 89.4 cm³/mol. The first kappa shape index (κ1) is 15.9. The molecule has 1 aromatic carbocycles. The van der Waals surface area contributed by atoms with Gasteiger partial charge in [0.2, 0.25) is 0 Å². The minimum Gasteiger partial charge on any atom is -0.388 e. The standard InChI is InChI=1S/C16H20Cl2O2S/c17-12-1-2-13(14(18)9-12)15(19)11-3-6-20-16(10-11)4-7-21-8-5-16/h1-2,9,11,15,19H,3-8,10H2. The van der Waals surface area contributed by atoms with Gasteiger partial charge in [-0.1, -0.05) is 29.3 Å². The Morgan fingerprint density at radius 3 is 2.76 bits per heavy atom. The first-order chi connectivity index (χ1) is 10.1. The first-order valence-corrected chi connectivity index (χ1v) is 9.35. The molecule has 3 rings (SSSR count). The third kappa shape index (κ3) is 3.53. The summed E-state index contributed by atoms with van der Waals surface area (Å²) in [5, 5.41) is 11.9. The molecule has 1 aromatic rings.